The lowest BCUT2D eigenvalue weighted by Crippen LogP contribution is -2.17. The molecule has 0 aromatic carbocycles. The zero-order valence-electron chi connectivity index (χ0n) is 10.3. The third-order valence-electron chi connectivity index (χ3n) is 3.35. The SMILES string of the molecule is Cc1cnc(-c2cn3c(c2C(N)=O)CCCC3)s1. The van der Waals surface area contributed by atoms with Crippen LogP contribution in [0.1, 0.15) is 33.8 Å². The molecule has 18 heavy (non-hydrogen) atoms. The molecule has 3 heterocycles. The second kappa shape index (κ2) is 4.24. The minimum Gasteiger partial charge on any atom is -0.366 e. The summed E-state index contributed by atoms with van der Waals surface area (Å²) in [5.41, 5.74) is 8.20. The molecule has 2 aromatic rings. The van der Waals surface area contributed by atoms with Crippen molar-refractivity contribution in [1.29, 1.82) is 0 Å². The number of rotatable bonds is 2. The highest BCUT2D eigenvalue weighted by Crippen LogP contribution is 2.33. The molecule has 1 aliphatic rings. The Morgan fingerprint density at radius 1 is 1.50 bits per heavy atom. The highest BCUT2D eigenvalue weighted by atomic mass is 32.1. The van der Waals surface area contributed by atoms with E-state index in [0.717, 1.165) is 46.9 Å². The molecule has 4 nitrogen and oxygen atoms in total. The number of aryl methyl sites for hydroxylation is 2. The lowest BCUT2D eigenvalue weighted by atomic mass is 10.0. The van der Waals surface area contributed by atoms with Gasteiger partial charge in [-0.1, -0.05) is 0 Å². The first-order valence-electron chi connectivity index (χ1n) is 6.11. The number of nitrogens with zero attached hydrogens (tertiary/aromatic N) is 2. The van der Waals surface area contributed by atoms with Crippen LogP contribution in [0.4, 0.5) is 0 Å². The zero-order valence-corrected chi connectivity index (χ0v) is 11.1. The number of fused-ring (bicyclic) bond motifs is 1. The fourth-order valence-corrected chi connectivity index (χ4v) is 3.34. The van der Waals surface area contributed by atoms with Gasteiger partial charge < -0.3 is 10.3 Å². The summed E-state index contributed by atoms with van der Waals surface area (Å²) in [4.78, 5) is 17.2. The minimum absolute atomic E-state index is 0.339. The van der Waals surface area contributed by atoms with Crippen LogP contribution in [0.3, 0.4) is 0 Å². The summed E-state index contributed by atoms with van der Waals surface area (Å²) >= 11 is 1.60. The second-order valence-electron chi connectivity index (χ2n) is 4.66. The van der Waals surface area contributed by atoms with Crippen LogP contribution in [0.15, 0.2) is 12.4 Å². The molecule has 2 N–H and O–H groups in total. The number of nitrogens with two attached hydrogens (primary N) is 1. The number of aromatic nitrogens is 2. The topological polar surface area (TPSA) is 60.9 Å². The summed E-state index contributed by atoms with van der Waals surface area (Å²) in [7, 11) is 0. The van der Waals surface area contributed by atoms with E-state index >= 15 is 0 Å². The molecule has 5 heteroatoms. The van der Waals surface area contributed by atoms with Crippen molar-refractivity contribution in [2.24, 2.45) is 5.73 Å². The van der Waals surface area contributed by atoms with Crippen molar-refractivity contribution in [3.8, 4) is 10.6 Å². The summed E-state index contributed by atoms with van der Waals surface area (Å²) in [6, 6.07) is 0. The summed E-state index contributed by atoms with van der Waals surface area (Å²) in [5, 5.41) is 0.892. The highest BCUT2D eigenvalue weighted by molar-refractivity contribution is 7.15. The summed E-state index contributed by atoms with van der Waals surface area (Å²) < 4.78 is 2.16. The quantitative estimate of drug-likeness (QED) is 0.902. The molecular weight excluding hydrogens is 246 g/mol. The number of primary amides is 1. The van der Waals surface area contributed by atoms with Crippen LogP contribution >= 0.6 is 11.3 Å². The maximum Gasteiger partial charge on any atom is 0.251 e. The fourth-order valence-electron chi connectivity index (χ4n) is 2.56. The van der Waals surface area contributed by atoms with Crippen molar-refractivity contribution in [2.75, 3.05) is 0 Å². The van der Waals surface area contributed by atoms with E-state index in [2.05, 4.69) is 9.55 Å². The Bertz CT molecular complexity index is 612. The van der Waals surface area contributed by atoms with Crippen molar-refractivity contribution >= 4 is 17.2 Å². The average Bonchev–Trinajstić information content (AvgIpc) is 2.91. The van der Waals surface area contributed by atoms with Crippen LogP contribution in [0.2, 0.25) is 0 Å². The van der Waals surface area contributed by atoms with Gasteiger partial charge in [0.25, 0.3) is 5.91 Å². The molecule has 0 spiro atoms. The van der Waals surface area contributed by atoms with Crippen molar-refractivity contribution < 1.29 is 4.79 Å². The Morgan fingerprint density at radius 3 is 3.00 bits per heavy atom. The first-order chi connectivity index (χ1) is 8.66. The van der Waals surface area contributed by atoms with Gasteiger partial charge in [0.05, 0.1) is 5.56 Å². The Morgan fingerprint density at radius 2 is 2.33 bits per heavy atom. The van der Waals surface area contributed by atoms with Crippen LogP contribution in [0.5, 0.6) is 0 Å². The van der Waals surface area contributed by atoms with Gasteiger partial charge in [-0.25, -0.2) is 4.98 Å². The molecule has 0 atom stereocenters. The first kappa shape index (κ1) is 11.5. The van der Waals surface area contributed by atoms with Crippen molar-refractivity contribution in [3.05, 3.63) is 28.5 Å². The molecule has 94 valence electrons. The van der Waals surface area contributed by atoms with Crippen LogP contribution < -0.4 is 5.73 Å². The van der Waals surface area contributed by atoms with Crippen molar-refractivity contribution in [2.45, 2.75) is 32.7 Å². The zero-order chi connectivity index (χ0) is 12.7. The van der Waals surface area contributed by atoms with Gasteiger partial charge in [-0.05, 0) is 26.2 Å². The monoisotopic (exact) mass is 261 g/mol. The third-order valence-corrected chi connectivity index (χ3v) is 4.30. The van der Waals surface area contributed by atoms with Crippen LogP contribution in [-0.4, -0.2) is 15.5 Å². The smallest absolute Gasteiger partial charge is 0.251 e. The number of carbonyl (C=O) groups excluding carboxylic acids is 1. The minimum atomic E-state index is -0.339. The number of hydrogen-bond donors (Lipinski definition) is 1. The standard InChI is InChI=1S/C13H15N3OS/c1-8-6-15-13(18-8)9-7-16-5-3-2-4-10(16)11(9)12(14)17/h6-7H,2-5H2,1H3,(H2,14,17). The second-order valence-corrected chi connectivity index (χ2v) is 5.89. The van der Waals surface area contributed by atoms with Crippen LogP contribution in [0.25, 0.3) is 10.6 Å². The summed E-state index contributed by atoms with van der Waals surface area (Å²) in [6.45, 7) is 2.99. The van der Waals surface area contributed by atoms with E-state index < -0.39 is 0 Å². The van der Waals surface area contributed by atoms with E-state index in [-0.39, 0.29) is 5.91 Å². The van der Waals surface area contributed by atoms with Crippen molar-refractivity contribution in [3.63, 3.8) is 0 Å². The maximum absolute atomic E-state index is 11.7. The van der Waals surface area contributed by atoms with Gasteiger partial charge in [-0.15, -0.1) is 11.3 Å². The lowest BCUT2D eigenvalue weighted by molar-refractivity contribution is 0.0999. The Kier molecular flexibility index (Phi) is 2.70. The maximum atomic E-state index is 11.7. The number of amides is 1. The Labute approximate surface area is 109 Å². The normalized spacial score (nSPS) is 14.5. The molecular formula is C13H15N3OS. The molecule has 2 aromatic heterocycles. The van der Waals surface area contributed by atoms with E-state index in [1.165, 1.54) is 0 Å². The van der Waals surface area contributed by atoms with Gasteiger partial charge in [0.15, 0.2) is 0 Å². The van der Waals surface area contributed by atoms with Gasteiger partial charge in [-0.3, -0.25) is 4.79 Å². The Hall–Kier alpha value is -1.62. The van der Waals surface area contributed by atoms with E-state index in [1.807, 2.05) is 19.3 Å². The van der Waals surface area contributed by atoms with Gasteiger partial charge in [0, 0.05) is 35.1 Å². The van der Waals surface area contributed by atoms with E-state index in [0.29, 0.717) is 5.56 Å². The molecule has 0 saturated heterocycles. The molecule has 0 unspecified atom stereocenters. The predicted molar refractivity (Wildman–Crippen MR) is 71.7 cm³/mol. The third kappa shape index (κ3) is 1.75. The predicted octanol–water partition coefficient (Wildman–Crippen LogP) is 2.36. The average molecular weight is 261 g/mol. The molecule has 1 amide bonds. The molecule has 0 saturated carbocycles. The molecule has 0 bridgehead atoms. The molecule has 0 aliphatic carbocycles. The van der Waals surface area contributed by atoms with E-state index in [1.54, 1.807) is 11.3 Å². The van der Waals surface area contributed by atoms with Crippen LogP contribution in [-0.2, 0) is 13.0 Å². The highest BCUT2D eigenvalue weighted by Gasteiger charge is 2.24. The molecule has 1 aliphatic heterocycles. The fraction of sp³-hybridized carbons (Fsp3) is 0.385. The lowest BCUT2D eigenvalue weighted by Gasteiger charge is -2.15. The van der Waals surface area contributed by atoms with Gasteiger partial charge in [-0.2, -0.15) is 0 Å². The summed E-state index contributed by atoms with van der Waals surface area (Å²) in [6.07, 6.45) is 7.09. The van der Waals surface area contributed by atoms with Gasteiger partial charge in [0.1, 0.15) is 5.01 Å². The Balaban J connectivity index is 2.19. The number of carbonyl (C=O) groups is 1. The largest absolute Gasteiger partial charge is 0.366 e. The van der Waals surface area contributed by atoms with Gasteiger partial charge in [0.2, 0.25) is 0 Å². The van der Waals surface area contributed by atoms with Crippen molar-refractivity contribution in [1.82, 2.24) is 9.55 Å². The molecule has 3 rings (SSSR count). The number of hydrogen-bond acceptors (Lipinski definition) is 3. The first-order valence-corrected chi connectivity index (χ1v) is 6.93. The van der Waals surface area contributed by atoms with Gasteiger partial charge >= 0.3 is 0 Å². The molecule has 0 fully saturated rings. The molecule has 0 radical (unpaired) electrons. The van der Waals surface area contributed by atoms with E-state index in [9.17, 15) is 4.79 Å². The van der Waals surface area contributed by atoms with E-state index in [4.69, 9.17) is 5.73 Å². The summed E-state index contributed by atoms with van der Waals surface area (Å²) in [5.74, 6) is -0.339. The van der Waals surface area contributed by atoms with Crippen LogP contribution in [0, 0.1) is 6.92 Å². The number of thiazole rings is 1.